The summed E-state index contributed by atoms with van der Waals surface area (Å²) in [6.07, 6.45) is 12.4. The van der Waals surface area contributed by atoms with Gasteiger partial charge in [-0.3, -0.25) is 4.79 Å². The molecule has 0 aromatic carbocycles. The second-order valence-electron chi connectivity index (χ2n) is 12.0. The van der Waals surface area contributed by atoms with E-state index in [4.69, 9.17) is 9.53 Å². The highest BCUT2D eigenvalue weighted by molar-refractivity contribution is 6.73. The molecule has 196 valence electrons. The lowest BCUT2D eigenvalue weighted by atomic mass is 9.58. The fraction of sp³-hybridized carbons (Fsp3) is 0.857. The van der Waals surface area contributed by atoms with E-state index in [1.54, 1.807) is 0 Å². The first kappa shape index (κ1) is 29.1. The number of carboxylic acid groups (broad SMARTS) is 1. The van der Waals surface area contributed by atoms with Gasteiger partial charge in [0.2, 0.25) is 0 Å². The summed E-state index contributed by atoms with van der Waals surface area (Å²) in [6.45, 7) is 14.3. The SMILES string of the molecule is CC[Si](CC)(CC)O[C@H]1CCC[C@]2(C)C(C(C)(C)/C=C/C(=O)C3CC3)CC[C@@H]12.CN(C)C(=O)O. The Morgan fingerprint density at radius 2 is 1.62 bits per heavy atom. The summed E-state index contributed by atoms with van der Waals surface area (Å²) in [4.78, 5) is 22.9. The first-order chi connectivity index (χ1) is 15.9. The summed E-state index contributed by atoms with van der Waals surface area (Å²) in [5, 5.41) is 7.92. The van der Waals surface area contributed by atoms with Crippen molar-refractivity contribution in [3.05, 3.63) is 12.2 Å². The van der Waals surface area contributed by atoms with Crippen molar-refractivity contribution < 1.29 is 19.1 Å². The van der Waals surface area contributed by atoms with E-state index in [1.807, 2.05) is 6.08 Å². The summed E-state index contributed by atoms with van der Waals surface area (Å²) in [5.41, 5.74) is 0.444. The number of carbonyl (C=O) groups excluding carboxylic acids is 1. The predicted octanol–water partition coefficient (Wildman–Crippen LogP) is 7.38. The van der Waals surface area contributed by atoms with Crippen molar-refractivity contribution in [2.75, 3.05) is 14.1 Å². The highest BCUT2D eigenvalue weighted by Gasteiger charge is 2.56. The van der Waals surface area contributed by atoms with Crippen LogP contribution >= 0.6 is 0 Å². The van der Waals surface area contributed by atoms with Gasteiger partial charge < -0.3 is 14.4 Å². The Kier molecular flexibility index (Phi) is 10.0. The van der Waals surface area contributed by atoms with Gasteiger partial charge in [0.05, 0.1) is 0 Å². The van der Waals surface area contributed by atoms with Crippen molar-refractivity contribution in [1.29, 1.82) is 0 Å². The molecule has 3 aliphatic rings. The topological polar surface area (TPSA) is 66.8 Å². The van der Waals surface area contributed by atoms with E-state index in [-0.39, 0.29) is 5.41 Å². The highest BCUT2D eigenvalue weighted by Crippen LogP contribution is 2.61. The normalized spacial score (nSPS) is 29.4. The number of amides is 1. The van der Waals surface area contributed by atoms with E-state index in [2.05, 4.69) is 47.6 Å². The molecule has 3 fully saturated rings. The van der Waals surface area contributed by atoms with Crippen molar-refractivity contribution in [2.24, 2.45) is 28.6 Å². The molecule has 0 radical (unpaired) electrons. The zero-order valence-electron chi connectivity index (χ0n) is 23.2. The van der Waals surface area contributed by atoms with Crippen LogP contribution in [-0.2, 0) is 9.22 Å². The fourth-order valence-corrected chi connectivity index (χ4v) is 9.64. The van der Waals surface area contributed by atoms with Crippen LogP contribution in [0.1, 0.15) is 86.5 Å². The van der Waals surface area contributed by atoms with Gasteiger partial charge in [0.1, 0.15) is 0 Å². The van der Waals surface area contributed by atoms with E-state index >= 15 is 0 Å². The fourth-order valence-electron chi connectivity index (χ4n) is 6.72. The molecule has 0 aromatic rings. The molecule has 0 spiro atoms. The Morgan fingerprint density at radius 1 is 1.06 bits per heavy atom. The van der Waals surface area contributed by atoms with E-state index in [1.165, 1.54) is 64.3 Å². The van der Waals surface area contributed by atoms with Crippen LogP contribution in [0.5, 0.6) is 0 Å². The molecule has 0 bridgehead atoms. The third-order valence-corrected chi connectivity index (χ3v) is 14.0. The predicted molar refractivity (Wildman–Crippen MR) is 143 cm³/mol. The van der Waals surface area contributed by atoms with Gasteiger partial charge in [-0.1, -0.05) is 54.0 Å². The van der Waals surface area contributed by atoms with E-state index in [0.717, 1.165) is 17.7 Å². The van der Waals surface area contributed by atoms with Gasteiger partial charge in [-0.05, 0) is 85.4 Å². The zero-order chi connectivity index (χ0) is 25.7. The molecular formula is C28H51NO4Si. The van der Waals surface area contributed by atoms with Crippen LogP contribution in [0.2, 0.25) is 18.1 Å². The zero-order valence-corrected chi connectivity index (χ0v) is 24.2. The van der Waals surface area contributed by atoms with Crippen molar-refractivity contribution in [3.63, 3.8) is 0 Å². The minimum atomic E-state index is -1.56. The van der Waals surface area contributed by atoms with Crippen LogP contribution in [-0.4, -0.2) is 50.4 Å². The number of nitrogens with zero attached hydrogens (tertiary/aromatic N) is 1. The highest BCUT2D eigenvalue weighted by atomic mass is 28.4. The van der Waals surface area contributed by atoms with Crippen LogP contribution in [0.15, 0.2) is 12.2 Å². The van der Waals surface area contributed by atoms with Crippen molar-refractivity contribution >= 4 is 20.2 Å². The third kappa shape index (κ3) is 6.75. The summed E-state index contributed by atoms with van der Waals surface area (Å²) >= 11 is 0. The van der Waals surface area contributed by atoms with Crippen LogP contribution < -0.4 is 0 Å². The minimum absolute atomic E-state index is 0.0880. The molecule has 34 heavy (non-hydrogen) atoms. The van der Waals surface area contributed by atoms with Gasteiger partial charge >= 0.3 is 6.09 Å². The second-order valence-corrected chi connectivity index (χ2v) is 16.8. The maximum Gasteiger partial charge on any atom is 0.406 e. The number of ketones is 1. The number of hydrogen-bond acceptors (Lipinski definition) is 3. The van der Waals surface area contributed by atoms with Crippen molar-refractivity contribution in [1.82, 2.24) is 4.90 Å². The Morgan fingerprint density at radius 3 is 2.09 bits per heavy atom. The maximum atomic E-state index is 12.2. The van der Waals surface area contributed by atoms with E-state index < -0.39 is 14.4 Å². The average Bonchev–Trinajstić information content (AvgIpc) is 3.57. The molecule has 1 amide bonds. The van der Waals surface area contributed by atoms with Crippen LogP contribution in [0.25, 0.3) is 0 Å². The smallest absolute Gasteiger partial charge is 0.406 e. The first-order valence-electron chi connectivity index (χ1n) is 13.7. The molecule has 0 aliphatic heterocycles. The lowest BCUT2D eigenvalue weighted by Gasteiger charge is -2.50. The molecule has 1 N–H and O–H groups in total. The average molecular weight is 494 g/mol. The molecule has 1 unspecified atom stereocenters. The van der Waals surface area contributed by atoms with Gasteiger partial charge in [-0.15, -0.1) is 0 Å². The Hall–Kier alpha value is -1.14. The van der Waals surface area contributed by atoms with Crippen LogP contribution in [0.4, 0.5) is 4.79 Å². The minimum Gasteiger partial charge on any atom is -0.465 e. The van der Waals surface area contributed by atoms with Crippen LogP contribution in [0, 0.1) is 28.6 Å². The molecule has 0 aromatic heterocycles. The van der Waals surface area contributed by atoms with Gasteiger partial charge in [-0.2, -0.15) is 0 Å². The molecule has 0 heterocycles. The lowest BCUT2D eigenvalue weighted by Crippen LogP contribution is -2.49. The number of fused-ring (bicyclic) bond motifs is 1. The second kappa shape index (κ2) is 11.7. The van der Waals surface area contributed by atoms with Gasteiger partial charge in [0, 0.05) is 26.1 Å². The van der Waals surface area contributed by atoms with Crippen molar-refractivity contribution in [2.45, 2.75) is 111 Å². The molecule has 5 nitrogen and oxygen atoms in total. The van der Waals surface area contributed by atoms with E-state index in [9.17, 15) is 9.59 Å². The number of hydrogen-bond donors (Lipinski definition) is 1. The molecule has 3 rings (SSSR count). The Bertz CT molecular complexity index is 718. The third-order valence-electron chi connectivity index (χ3n) is 9.33. The summed E-state index contributed by atoms with van der Waals surface area (Å²) in [7, 11) is 1.39. The standard InChI is InChI=1S/C25H44O2Si.C3H7NO2/c1-7-28(8-2,9-3)27-22-11-10-17-25(6)20(22)14-15-23(25)24(4,5)18-16-21(26)19-12-13-19;1-4(2)3(5)6/h16,18-20,22-23H,7-15,17H2,1-6H3;1-2H3,(H,5,6)/b18-16+;/t20-,22-,23?,25-;/m0./s1. The molecular weight excluding hydrogens is 442 g/mol. The lowest BCUT2D eigenvalue weighted by molar-refractivity contribution is -0.115. The Labute approximate surface area is 209 Å². The molecule has 3 aliphatic carbocycles. The monoisotopic (exact) mass is 493 g/mol. The summed E-state index contributed by atoms with van der Waals surface area (Å²) < 4.78 is 7.07. The summed E-state index contributed by atoms with van der Waals surface area (Å²) in [6, 6.07) is 3.75. The number of rotatable bonds is 9. The first-order valence-corrected chi connectivity index (χ1v) is 16.2. The Balaban J connectivity index is 0.000000604. The molecule has 6 heteroatoms. The number of allylic oxidation sites excluding steroid dienone is 2. The maximum absolute atomic E-state index is 12.2. The summed E-state index contributed by atoms with van der Waals surface area (Å²) in [5.74, 6) is 2.05. The van der Waals surface area contributed by atoms with Gasteiger partial charge in [-0.25, -0.2) is 4.79 Å². The van der Waals surface area contributed by atoms with Crippen LogP contribution in [0.3, 0.4) is 0 Å². The van der Waals surface area contributed by atoms with E-state index in [0.29, 0.717) is 35.1 Å². The van der Waals surface area contributed by atoms with Gasteiger partial charge in [0.15, 0.2) is 14.1 Å². The molecule has 3 saturated carbocycles. The van der Waals surface area contributed by atoms with Crippen molar-refractivity contribution in [3.8, 4) is 0 Å². The molecule has 4 atom stereocenters. The molecule has 0 saturated heterocycles. The number of carbonyl (C=O) groups is 2. The van der Waals surface area contributed by atoms with Gasteiger partial charge in [0.25, 0.3) is 0 Å². The quantitative estimate of drug-likeness (QED) is 0.269. The largest absolute Gasteiger partial charge is 0.465 e.